The van der Waals surface area contributed by atoms with E-state index in [1.165, 1.54) is 18.2 Å². The van der Waals surface area contributed by atoms with Crippen molar-refractivity contribution in [2.45, 2.75) is 19.9 Å². The van der Waals surface area contributed by atoms with Crippen LogP contribution in [0.5, 0.6) is 5.75 Å². The average molecular weight is 445 g/mol. The van der Waals surface area contributed by atoms with E-state index in [1.807, 2.05) is 38.1 Å². The Kier molecular flexibility index (Phi) is 7.57. The monoisotopic (exact) mass is 444 g/mol. The number of halogens is 2. The molecule has 0 aromatic heterocycles. The summed E-state index contributed by atoms with van der Waals surface area (Å²) in [7, 11) is -3.73. The highest BCUT2D eigenvalue weighted by molar-refractivity contribution is 7.92. The van der Waals surface area contributed by atoms with Gasteiger partial charge in [-0.15, -0.1) is 0 Å². The lowest BCUT2D eigenvalue weighted by Gasteiger charge is -2.24. The maximum Gasteiger partial charge on any atom is 0.241 e. The summed E-state index contributed by atoms with van der Waals surface area (Å²) in [4.78, 5) is 12.5. The second-order valence-corrected chi connectivity index (χ2v) is 8.91. The maximum absolute atomic E-state index is 12.5. The SMILES string of the molecule is CCOc1ccc([C@@H](C)NC(=O)CN(c2ccc(Cl)cc2Cl)S(C)(=O)=O)cc1. The topological polar surface area (TPSA) is 75.7 Å². The van der Waals surface area contributed by atoms with Crippen LogP contribution in [0.4, 0.5) is 5.69 Å². The zero-order valence-corrected chi connectivity index (χ0v) is 18.1. The molecule has 0 unspecified atom stereocenters. The summed E-state index contributed by atoms with van der Waals surface area (Å²) in [5.41, 5.74) is 1.06. The third-order valence-electron chi connectivity index (χ3n) is 3.93. The molecule has 0 saturated carbocycles. The fourth-order valence-corrected chi connectivity index (χ4v) is 4.01. The van der Waals surface area contributed by atoms with Crippen molar-refractivity contribution >= 4 is 44.8 Å². The fraction of sp³-hybridized carbons (Fsp3) is 0.316. The van der Waals surface area contributed by atoms with E-state index in [0.29, 0.717) is 11.6 Å². The number of hydrogen-bond donors (Lipinski definition) is 1. The molecule has 28 heavy (non-hydrogen) atoms. The highest BCUT2D eigenvalue weighted by Crippen LogP contribution is 2.30. The number of rotatable bonds is 8. The Labute approximate surface area is 175 Å². The molecule has 0 aliphatic carbocycles. The second kappa shape index (κ2) is 9.49. The molecule has 2 aromatic carbocycles. The number of anilines is 1. The van der Waals surface area contributed by atoms with Crippen LogP contribution in [0.3, 0.4) is 0 Å². The van der Waals surface area contributed by atoms with Gasteiger partial charge < -0.3 is 10.1 Å². The van der Waals surface area contributed by atoms with Gasteiger partial charge in [-0.1, -0.05) is 35.3 Å². The number of nitrogens with zero attached hydrogens (tertiary/aromatic N) is 1. The summed E-state index contributed by atoms with van der Waals surface area (Å²) in [6, 6.07) is 11.4. The smallest absolute Gasteiger partial charge is 0.241 e. The normalized spacial score (nSPS) is 12.3. The first-order valence-electron chi connectivity index (χ1n) is 8.56. The standard InChI is InChI=1S/C19H22Cl2N2O4S/c1-4-27-16-8-5-14(6-9-16)13(2)22-19(24)12-23(28(3,25)26)18-10-7-15(20)11-17(18)21/h5-11,13H,4,12H2,1-3H3,(H,22,24)/t13-/m1/s1. The zero-order chi connectivity index (χ0) is 20.9. The van der Waals surface area contributed by atoms with Crippen LogP contribution in [0.15, 0.2) is 42.5 Å². The van der Waals surface area contributed by atoms with Crippen LogP contribution in [0.1, 0.15) is 25.5 Å². The molecule has 0 spiro atoms. The summed E-state index contributed by atoms with van der Waals surface area (Å²) in [5.74, 6) is 0.281. The first-order chi connectivity index (χ1) is 13.1. The van der Waals surface area contributed by atoms with Crippen molar-refractivity contribution in [3.63, 3.8) is 0 Å². The predicted octanol–water partition coefficient (Wildman–Crippen LogP) is 4.04. The van der Waals surface area contributed by atoms with Crippen molar-refractivity contribution in [2.75, 3.05) is 23.7 Å². The van der Waals surface area contributed by atoms with Crippen LogP contribution >= 0.6 is 23.2 Å². The molecule has 1 atom stereocenters. The molecule has 0 aliphatic rings. The third-order valence-corrected chi connectivity index (χ3v) is 5.60. The molecule has 0 fully saturated rings. The molecule has 0 aliphatic heterocycles. The molecule has 0 radical (unpaired) electrons. The van der Waals surface area contributed by atoms with Gasteiger partial charge in [0.15, 0.2) is 0 Å². The second-order valence-electron chi connectivity index (χ2n) is 6.16. The van der Waals surface area contributed by atoms with Crippen LogP contribution in [-0.4, -0.2) is 33.7 Å². The third kappa shape index (κ3) is 6.02. The summed E-state index contributed by atoms with van der Waals surface area (Å²) < 4.78 is 30.7. The van der Waals surface area contributed by atoms with Gasteiger partial charge in [0, 0.05) is 5.02 Å². The molecule has 1 N–H and O–H groups in total. The molecule has 2 rings (SSSR count). The Morgan fingerprint density at radius 2 is 1.82 bits per heavy atom. The van der Waals surface area contributed by atoms with Crippen LogP contribution < -0.4 is 14.4 Å². The quantitative estimate of drug-likeness (QED) is 0.666. The molecular weight excluding hydrogens is 423 g/mol. The number of hydrogen-bond acceptors (Lipinski definition) is 4. The Balaban J connectivity index is 2.13. The predicted molar refractivity (Wildman–Crippen MR) is 113 cm³/mol. The molecule has 2 aromatic rings. The molecule has 9 heteroatoms. The lowest BCUT2D eigenvalue weighted by Crippen LogP contribution is -2.41. The Morgan fingerprint density at radius 3 is 2.36 bits per heavy atom. The Bertz CT molecular complexity index is 933. The first kappa shape index (κ1) is 22.3. The number of ether oxygens (including phenoxy) is 1. The number of amides is 1. The van der Waals surface area contributed by atoms with Gasteiger partial charge in [0.25, 0.3) is 0 Å². The van der Waals surface area contributed by atoms with Gasteiger partial charge in [-0.05, 0) is 49.7 Å². The minimum absolute atomic E-state index is 0.144. The summed E-state index contributed by atoms with van der Waals surface area (Å²) >= 11 is 12.0. The van der Waals surface area contributed by atoms with Crippen molar-refractivity contribution in [1.82, 2.24) is 5.32 Å². The Hall–Kier alpha value is -1.96. The molecule has 0 heterocycles. The van der Waals surface area contributed by atoms with Crippen LogP contribution in [-0.2, 0) is 14.8 Å². The molecule has 1 amide bonds. The van der Waals surface area contributed by atoms with E-state index < -0.39 is 22.5 Å². The van der Waals surface area contributed by atoms with Crippen molar-refractivity contribution in [3.8, 4) is 5.75 Å². The number of nitrogens with one attached hydrogen (secondary N) is 1. The Morgan fingerprint density at radius 1 is 1.18 bits per heavy atom. The summed E-state index contributed by atoms with van der Waals surface area (Å²) in [5, 5.41) is 3.31. The molecular formula is C19H22Cl2N2O4S. The van der Waals surface area contributed by atoms with E-state index in [0.717, 1.165) is 21.9 Å². The number of benzene rings is 2. The van der Waals surface area contributed by atoms with E-state index in [4.69, 9.17) is 27.9 Å². The van der Waals surface area contributed by atoms with Gasteiger partial charge in [-0.2, -0.15) is 0 Å². The fourth-order valence-electron chi connectivity index (χ4n) is 2.58. The van der Waals surface area contributed by atoms with Crippen LogP contribution in [0.25, 0.3) is 0 Å². The first-order valence-corrected chi connectivity index (χ1v) is 11.2. The van der Waals surface area contributed by atoms with E-state index in [9.17, 15) is 13.2 Å². The molecule has 0 saturated heterocycles. The van der Waals surface area contributed by atoms with Crippen molar-refractivity contribution < 1.29 is 17.9 Å². The zero-order valence-electron chi connectivity index (χ0n) is 15.8. The van der Waals surface area contributed by atoms with Crippen LogP contribution in [0, 0.1) is 0 Å². The number of carbonyl (C=O) groups is 1. The van der Waals surface area contributed by atoms with Crippen molar-refractivity contribution in [2.24, 2.45) is 0 Å². The minimum Gasteiger partial charge on any atom is -0.494 e. The van der Waals surface area contributed by atoms with Crippen molar-refractivity contribution in [3.05, 3.63) is 58.1 Å². The lowest BCUT2D eigenvalue weighted by atomic mass is 10.1. The van der Waals surface area contributed by atoms with Gasteiger partial charge in [-0.25, -0.2) is 8.42 Å². The highest BCUT2D eigenvalue weighted by atomic mass is 35.5. The lowest BCUT2D eigenvalue weighted by molar-refractivity contribution is -0.120. The maximum atomic E-state index is 12.5. The highest BCUT2D eigenvalue weighted by Gasteiger charge is 2.24. The summed E-state index contributed by atoms with van der Waals surface area (Å²) in [6.45, 7) is 3.88. The number of carbonyl (C=O) groups excluding carboxylic acids is 1. The van der Waals surface area contributed by atoms with Crippen molar-refractivity contribution in [1.29, 1.82) is 0 Å². The van der Waals surface area contributed by atoms with Gasteiger partial charge in [0.05, 0.1) is 29.6 Å². The number of sulfonamides is 1. The van der Waals surface area contributed by atoms with Gasteiger partial charge >= 0.3 is 0 Å². The van der Waals surface area contributed by atoms with E-state index in [2.05, 4.69) is 5.32 Å². The molecule has 0 bridgehead atoms. The largest absolute Gasteiger partial charge is 0.494 e. The minimum atomic E-state index is -3.73. The van der Waals surface area contributed by atoms with E-state index >= 15 is 0 Å². The molecule has 6 nitrogen and oxygen atoms in total. The van der Waals surface area contributed by atoms with Gasteiger partial charge in [-0.3, -0.25) is 9.10 Å². The van der Waals surface area contributed by atoms with Gasteiger partial charge in [0.1, 0.15) is 12.3 Å². The summed E-state index contributed by atoms with van der Waals surface area (Å²) in [6.07, 6.45) is 1.01. The molecule has 152 valence electrons. The average Bonchev–Trinajstić information content (AvgIpc) is 2.60. The van der Waals surface area contributed by atoms with Crippen LogP contribution in [0.2, 0.25) is 10.0 Å². The van der Waals surface area contributed by atoms with Gasteiger partial charge in [0.2, 0.25) is 15.9 Å². The van der Waals surface area contributed by atoms with E-state index in [1.54, 1.807) is 0 Å². The van der Waals surface area contributed by atoms with E-state index in [-0.39, 0.29) is 16.8 Å².